The van der Waals surface area contributed by atoms with Crippen LogP contribution in [0.4, 0.5) is 5.69 Å². The highest BCUT2D eigenvalue weighted by molar-refractivity contribution is 7.92. The van der Waals surface area contributed by atoms with Crippen LogP contribution < -0.4 is 4.72 Å². The quantitative estimate of drug-likeness (QED) is 0.884. The lowest BCUT2D eigenvalue weighted by Crippen LogP contribution is -2.15. The molecule has 120 valence electrons. The van der Waals surface area contributed by atoms with Gasteiger partial charge in [-0.05, 0) is 38.5 Å². The Balaban J connectivity index is 2.31. The van der Waals surface area contributed by atoms with Crippen LogP contribution in [0.1, 0.15) is 23.9 Å². The van der Waals surface area contributed by atoms with Crippen molar-refractivity contribution in [1.82, 2.24) is 9.78 Å². The summed E-state index contributed by atoms with van der Waals surface area (Å²) in [5.74, 6) is 0.0177. The summed E-state index contributed by atoms with van der Waals surface area (Å²) < 4.78 is 27.8. The lowest BCUT2D eigenvalue weighted by atomic mass is 10.2. The van der Waals surface area contributed by atoms with Crippen molar-refractivity contribution in [2.45, 2.75) is 27.3 Å². The van der Waals surface area contributed by atoms with Crippen LogP contribution in [-0.2, 0) is 16.6 Å². The van der Waals surface area contributed by atoms with Gasteiger partial charge in [0.15, 0.2) is 0 Å². The highest BCUT2D eigenvalue weighted by atomic mass is 35.5. The number of halogens is 2. The van der Waals surface area contributed by atoms with E-state index < -0.39 is 10.0 Å². The van der Waals surface area contributed by atoms with Gasteiger partial charge in [-0.15, -0.1) is 0 Å². The molecule has 1 heterocycles. The summed E-state index contributed by atoms with van der Waals surface area (Å²) in [5, 5.41) is 5.36. The average Bonchev–Trinajstić information content (AvgIpc) is 2.70. The first-order chi connectivity index (χ1) is 10.2. The molecule has 0 aliphatic heterocycles. The minimum atomic E-state index is -3.33. The minimum absolute atomic E-state index is 0.0177. The molecule has 1 aromatic carbocycles. The van der Waals surface area contributed by atoms with Gasteiger partial charge in [0.25, 0.3) is 0 Å². The minimum Gasteiger partial charge on any atom is -0.280 e. The fraction of sp³-hybridized carbons (Fsp3) is 0.357. The Labute approximate surface area is 140 Å². The van der Waals surface area contributed by atoms with Gasteiger partial charge < -0.3 is 0 Å². The fourth-order valence-corrected chi connectivity index (χ4v) is 3.11. The van der Waals surface area contributed by atoms with Crippen LogP contribution >= 0.6 is 23.2 Å². The molecule has 0 spiro atoms. The zero-order chi connectivity index (χ0) is 16.5. The Morgan fingerprint density at radius 1 is 1.23 bits per heavy atom. The van der Waals surface area contributed by atoms with Crippen LogP contribution in [0.5, 0.6) is 0 Å². The van der Waals surface area contributed by atoms with Crippen molar-refractivity contribution in [2.24, 2.45) is 0 Å². The molecule has 1 aromatic heterocycles. The predicted octanol–water partition coefficient (Wildman–Crippen LogP) is 3.62. The van der Waals surface area contributed by atoms with E-state index in [0.29, 0.717) is 28.0 Å². The molecule has 0 atom stereocenters. The second kappa shape index (κ2) is 6.48. The molecule has 0 bridgehead atoms. The molecule has 2 rings (SSSR count). The van der Waals surface area contributed by atoms with Gasteiger partial charge in [0.1, 0.15) is 0 Å². The number of sulfonamides is 1. The van der Waals surface area contributed by atoms with E-state index in [2.05, 4.69) is 9.82 Å². The van der Waals surface area contributed by atoms with Crippen LogP contribution in [0.2, 0.25) is 10.0 Å². The molecule has 0 saturated carbocycles. The summed E-state index contributed by atoms with van der Waals surface area (Å²) in [4.78, 5) is 0. The van der Waals surface area contributed by atoms with Gasteiger partial charge in [-0.2, -0.15) is 5.10 Å². The maximum absolute atomic E-state index is 11.7. The van der Waals surface area contributed by atoms with Gasteiger partial charge in [-0.3, -0.25) is 9.40 Å². The number of hydrogen-bond donors (Lipinski definition) is 1. The molecule has 22 heavy (non-hydrogen) atoms. The van der Waals surface area contributed by atoms with Gasteiger partial charge in [0.05, 0.1) is 39.4 Å². The van der Waals surface area contributed by atoms with Crippen molar-refractivity contribution in [3.8, 4) is 0 Å². The van der Waals surface area contributed by atoms with E-state index in [1.54, 1.807) is 30.7 Å². The van der Waals surface area contributed by atoms with E-state index in [1.807, 2.05) is 13.0 Å². The SMILES string of the molecule is CCS(=O)(=O)Nc1c(C)nn(Cc2ccc(Cl)c(Cl)c2)c1C. The topological polar surface area (TPSA) is 64.0 Å². The Morgan fingerprint density at radius 3 is 2.50 bits per heavy atom. The van der Waals surface area contributed by atoms with Crippen molar-refractivity contribution in [3.05, 3.63) is 45.2 Å². The lowest BCUT2D eigenvalue weighted by molar-refractivity contribution is 0.602. The first-order valence-electron chi connectivity index (χ1n) is 6.72. The summed E-state index contributed by atoms with van der Waals surface area (Å²) in [6.07, 6.45) is 0. The van der Waals surface area contributed by atoms with E-state index in [0.717, 1.165) is 11.3 Å². The molecular weight excluding hydrogens is 345 g/mol. The third-order valence-electron chi connectivity index (χ3n) is 3.34. The molecule has 1 N–H and O–H groups in total. The van der Waals surface area contributed by atoms with Crippen molar-refractivity contribution >= 4 is 38.9 Å². The summed E-state index contributed by atoms with van der Waals surface area (Å²) in [6.45, 7) is 5.67. The summed E-state index contributed by atoms with van der Waals surface area (Å²) in [5.41, 5.74) is 2.85. The molecule has 0 amide bonds. The van der Waals surface area contributed by atoms with E-state index in [-0.39, 0.29) is 5.75 Å². The third-order valence-corrected chi connectivity index (χ3v) is 5.35. The highest BCUT2D eigenvalue weighted by Crippen LogP contribution is 2.25. The van der Waals surface area contributed by atoms with Crippen molar-refractivity contribution in [2.75, 3.05) is 10.5 Å². The molecular formula is C14H17Cl2N3O2S. The summed E-state index contributed by atoms with van der Waals surface area (Å²) in [6, 6.07) is 5.36. The van der Waals surface area contributed by atoms with E-state index >= 15 is 0 Å². The number of nitrogens with one attached hydrogen (secondary N) is 1. The van der Waals surface area contributed by atoms with Crippen molar-refractivity contribution in [1.29, 1.82) is 0 Å². The maximum atomic E-state index is 11.7. The predicted molar refractivity (Wildman–Crippen MR) is 90.3 cm³/mol. The first kappa shape index (κ1) is 17.1. The molecule has 0 aliphatic rings. The number of benzene rings is 1. The van der Waals surface area contributed by atoms with Crippen LogP contribution in [0, 0.1) is 13.8 Å². The molecule has 2 aromatic rings. The molecule has 5 nitrogen and oxygen atoms in total. The van der Waals surface area contributed by atoms with E-state index in [1.165, 1.54) is 0 Å². The molecule has 0 saturated heterocycles. The fourth-order valence-electron chi connectivity index (χ4n) is 2.04. The van der Waals surface area contributed by atoms with Crippen LogP contribution in [0.3, 0.4) is 0 Å². The Kier molecular flexibility index (Phi) is 5.04. The van der Waals surface area contributed by atoms with Gasteiger partial charge in [0.2, 0.25) is 10.0 Å². The number of aromatic nitrogens is 2. The zero-order valence-corrected chi connectivity index (χ0v) is 14.8. The first-order valence-corrected chi connectivity index (χ1v) is 9.12. The van der Waals surface area contributed by atoms with E-state index in [4.69, 9.17) is 23.2 Å². The van der Waals surface area contributed by atoms with Gasteiger partial charge in [-0.25, -0.2) is 8.42 Å². The highest BCUT2D eigenvalue weighted by Gasteiger charge is 2.16. The van der Waals surface area contributed by atoms with Crippen molar-refractivity contribution < 1.29 is 8.42 Å². The normalized spacial score (nSPS) is 11.7. The van der Waals surface area contributed by atoms with Crippen LogP contribution in [0.15, 0.2) is 18.2 Å². The third kappa shape index (κ3) is 3.74. The Bertz CT molecular complexity index is 801. The average molecular weight is 362 g/mol. The van der Waals surface area contributed by atoms with E-state index in [9.17, 15) is 8.42 Å². The number of nitrogens with zero attached hydrogens (tertiary/aromatic N) is 2. The van der Waals surface area contributed by atoms with Gasteiger partial charge in [0, 0.05) is 0 Å². The maximum Gasteiger partial charge on any atom is 0.232 e. The lowest BCUT2D eigenvalue weighted by Gasteiger charge is -2.08. The molecule has 0 radical (unpaired) electrons. The number of hydrogen-bond acceptors (Lipinski definition) is 3. The van der Waals surface area contributed by atoms with Crippen molar-refractivity contribution in [3.63, 3.8) is 0 Å². The molecule has 0 aliphatic carbocycles. The van der Waals surface area contributed by atoms with Gasteiger partial charge >= 0.3 is 0 Å². The van der Waals surface area contributed by atoms with Crippen LogP contribution in [-0.4, -0.2) is 24.0 Å². The van der Waals surface area contributed by atoms with Gasteiger partial charge in [-0.1, -0.05) is 29.3 Å². The second-order valence-corrected chi connectivity index (χ2v) is 7.78. The number of rotatable bonds is 5. The monoisotopic (exact) mass is 361 g/mol. The molecule has 8 heteroatoms. The van der Waals surface area contributed by atoms with Crippen LogP contribution in [0.25, 0.3) is 0 Å². The number of aryl methyl sites for hydroxylation is 1. The zero-order valence-electron chi connectivity index (χ0n) is 12.5. The Hall–Kier alpha value is -1.24. The summed E-state index contributed by atoms with van der Waals surface area (Å²) >= 11 is 11.9. The molecule has 0 unspecified atom stereocenters. The number of anilines is 1. The standard InChI is InChI=1S/C14H17Cl2N3O2S/c1-4-22(20,21)18-14-9(2)17-19(10(14)3)8-11-5-6-12(15)13(16)7-11/h5-7,18H,4,8H2,1-3H3. The Morgan fingerprint density at radius 2 is 1.91 bits per heavy atom. The molecule has 0 fully saturated rings. The second-order valence-electron chi connectivity index (χ2n) is 4.96. The smallest absolute Gasteiger partial charge is 0.232 e. The largest absolute Gasteiger partial charge is 0.280 e. The summed E-state index contributed by atoms with van der Waals surface area (Å²) in [7, 11) is -3.33.